The number of piperidine rings is 1. The molecule has 0 radical (unpaired) electrons. The number of aromatic nitrogens is 2. The summed E-state index contributed by atoms with van der Waals surface area (Å²) < 4.78 is 13.0. The Hall–Kier alpha value is -1.62. The minimum atomic E-state index is -0.241. The number of nitrogens with one attached hydrogen (secondary N) is 3. The number of aromatic amines is 1. The van der Waals surface area contributed by atoms with E-state index in [1.54, 1.807) is 6.07 Å². The predicted octanol–water partition coefficient (Wildman–Crippen LogP) is 2.11. The van der Waals surface area contributed by atoms with E-state index in [4.69, 9.17) is 0 Å². The lowest BCUT2D eigenvalue weighted by Crippen LogP contribution is -2.33. The summed E-state index contributed by atoms with van der Waals surface area (Å²) in [6.45, 7) is 3.08. The molecule has 18 heavy (non-hydrogen) atoms. The lowest BCUT2D eigenvalue weighted by atomic mass is 10.00. The van der Waals surface area contributed by atoms with Gasteiger partial charge >= 0.3 is 0 Å². The maximum absolute atomic E-state index is 13.0. The topological polar surface area (TPSA) is 52.7 Å². The van der Waals surface area contributed by atoms with Crippen LogP contribution in [0.1, 0.15) is 12.8 Å². The fourth-order valence-electron chi connectivity index (χ4n) is 2.40. The number of fused-ring (bicyclic) bond motifs is 1. The van der Waals surface area contributed by atoms with Gasteiger partial charge in [0, 0.05) is 6.54 Å². The van der Waals surface area contributed by atoms with Crippen LogP contribution in [-0.2, 0) is 0 Å². The van der Waals surface area contributed by atoms with Crippen molar-refractivity contribution in [3.05, 3.63) is 24.0 Å². The number of anilines is 1. The molecule has 4 nitrogen and oxygen atoms in total. The van der Waals surface area contributed by atoms with Gasteiger partial charge < -0.3 is 15.6 Å². The number of H-pyrrole nitrogens is 1. The third-order valence-electron chi connectivity index (χ3n) is 3.40. The standard InChI is InChI=1S/C13H17FN4/c14-10-3-4-11-12(6-10)18-13(17-11)16-8-9-2-1-5-15-7-9/h3-4,6,9,15H,1-2,5,7-8H2,(H2,16,17,18). The molecule has 1 fully saturated rings. The van der Waals surface area contributed by atoms with Crippen molar-refractivity contribution < 1.29 is 4.39 Å². The molecular formula is C13H17FN4. The molecule has 0 aliphatic carbocycles. The number of benzene rings is 1. The Morgan fingerprint density at radius 3 is 3.22 bits per heavy atom. The Morgan fingerprint density at radius 1 is 1.44 bits per heavy atom. The normalized spacial score (nSPS) is 20.2. The molecule has 0 bridgehead atoms. The minimum absolute atomic E-state index is 0.241. The van der Waals surface area contributed by atoms with Crippen LogP contribution < -0.4 is 10.6 Å². The molecule has 2 aromatic rings. The van der Waals surface area contributed by atoms with E-state index in [1.807, 2.05) is 0 Å². The van der Waals surface area contributed by atoms with E-state index < -0.39 is 0 Å². The molecule has 1 aromatic carbocycles. The molecule has 1 aromatic heterocycles. The second-order valence-corrected chi connectivity index (χ2v) is 4.84. The molecule has 96 valence electrons. The summed E-state index contributed by atoms with van der Waals surface area (Å²) in [5.74, 6) is 1.12. The van der Waals surface area contributed by atoms with E-state index in [9.17, 15) is 4.39 Å². The highest BCUT2D eigenvalue weighted by Gasteiger charge is 2.13. The Kier molecular flexibility index (Phi) is 3.15. The van der Waals surface area contributed by atoms with Crippen LogP contribution in [0.25, 0.3) is 11.0 Å². The maximum Gasteiger partial charge on any atom is 0.201 e. The first-order chi connectivity index (χ1) is 8.81. The van der Waals surface area contributed by atoms with Gasteiger partial charge in [0.25, 0.3) is 0 Å². The van der Waals surface area contributed by atoms with Crippen molar-refractivity contribution in [3.63, 3.8) is 0 Å². The van der Waals surface area contributed by atoms with Crippen LogP contribution >= 0.6 is 0 Å². The number of nitrogens with zero attached hydrogens (tertiary/aromatic N) is 1. The number of hydrogen-bond acceptors (Lipinski definition) is 3. The van der Waals surface area contributed by atoms with Crippen LogP contribution in [0.4, 0.5) is 10.3 Å². The summed E-state index contributed by atoms with van der Waals surface area (Å²) in [7, 11) is 0. The van der Waals surface area contributed by atoms with Crippen LogP contribution in [0, 0.1) is 11.7 Å². The Balaban J connectivity index is 1.67. The highest BCUT2D eigenvalue weighted by Crippen LogP contribution is 2.16. The Labute approximate surface area is 105 Å². The number of hydrogen-bond donors (Lipinski definition) is 3. The lowest BCUT2D eigenvalue weighted by Gasteiger charge is -2.22. The average molecular weight is 248 g/mol. The van der Waals surface area contributed by atoms with Gasteiger partial charge in [0.1, 0.15) is 5.82 Å². The van der Waals surface area contributed by atoms with Crippen LogP contribution in [0.15, 0.2) is 18.2 Å². The molecule has 0 amide bonds. The van der Waals surface area contributed by atoms with E-state index in [2.05, 4.69) is 20.6 Å². The highest BCUT2D eigenvalue weighted by atomic mass is 19.1. The van der Waals surface area contributed by atoms with Crippen molar-refractivity contribution in [1.82, 2.24) is 15.3 Å². The molecule has 1 unspecified atom stereocenters. The van der Waals surface area contributed by atoms with Gasteiger partial charge in [0.05, 0.1) is 11.0 Å². The molecule has 0 saturated carbocycles. The summed E-state index contributed by atoms with van der Waals surface area (Å²) in [5, 5.41) is 6.68. The molecule has 1 saturated heterocycles. The molecule has 1 aliphatic rings. The molecule has 3 rings (SSSR count). The van der Waals surface area contributed by atoms with E-state index in [0.29, 0.717) is 5.92 Å². The average Bonchev–Trinajstić information content (AvgIpc) is 2.79. The number of rotatable bonds is 3. The number of halogens is 1. The largest absolute Gasteiger partial charge is 0.355 e. The SMILES string of the molecule is Fc1ccc2nc(NCC3CCCNC3)[nH]c2c1. The van der Waals surface area contributed by atoms with Crippen LogP contribution in [-0.4, -0.2) is 29.6 Å². The molecule has 3 N–H and O–H groups in total. The zero-order valence-electron chi connectivity index (χ0n) is 10.2. The smallest absolute Gasteiger partial charge is 0.201 e. The minimum Gasteiger partial charge on any atom is -0.355 e. The van der Waals surface area contributed by atoms with Gasteiger partial charge in [-0.2, -0.15) is 0 Å². The van der Waals surface area contributed by atoms with E-state index in [-0.39, 0.29) is 5.82 Å². The molecule has 0 spiro atoms. The zero-order valence-corrected chi connectivity index (χ0v) is 10.2. The van der Waals surface area contributed by atoms with Gasteiger partial charge in [-0.25, -0.2) is 9.37 Å². The van der Waals surface area contributed by atoms with Crippen molar-refractivity contribution in [2.24, 2.45) is 5.92 Å². The van der Waals surface area contributed by atoms with Gasteiger partial charge in [0.2, 0.25) is 5.95 Å². The molecular weight excluding hydrogens is 231 g/mol. The third-order valence-corrected chi connectivity index (χ3v) is 3.40. The fourth-order valence-corrected chi connectivity index (χ4v) is 2.40. The summed E-state index contributed by atoms with van der Waals surface area (Å²) >= 11 is 0. The summed E-state index contributed by atoms with van der Waals surface area (Å²) in [6, 6.07) is 4.59. The van der Waals surface area contributed by atoms with Crippen molar-refractivity contribution >= 4 is 17.0 Å². The van der Waals surface area contributed by atoms with E-state index >= 15 is 0 Å². The quantitative estimate of drug-likeness (QED) is 0.779. The van der Waals surface area contributed by atoms with Crippen molar-refractivity contribution in [1.29, 1.82) is 0 Å². The first kappa shape index (κ1) is 11.5. The second-order valence-electron chi connectivity index (χ2n) is 4.84. The monoisotopic (exact) mass is 248 g/mol. The maximum atomic E-state index is 13.0. The summed E-state index contributed by atoms with van der Waals surface area (Å²) in [4.78, 5) is 7.48. The zero-order chi connectivity index (χ0) is 12.4. The second kappa shape index (κ2) is 4.94. The Bertz CT molecular complexity index is 531. The van der Waals surface area contributed by atoms with E-state index in [1.165, 1.54) is 25.0 Å². The van der Waals surface area contributed by atoms with Crippen molar-refractivity contribution in [2.75, 3.05) is 25.0 Å². The number of imidazole rings is 1. The molecule has 1 atom stereocenters. The van der Waals surface area contributed by atoms with E-state index in [0.717, 1.165) is 36.6 Å². The lowest BCUT2D eigenvalue weighted by molar-refractivity contribution is 0.392. The Morgan fingerprint density at radius 2 is 2.39 bits per heavy atom. The predicted molar refractivity (Wildman–Crippen MR) is 70.1 cm³/mol. The fraction of sp³-hybridized carbons (Fsp3) is 0.462. The van der Waals surface area contributed by atoms with Crippen molar-refractivity contribution in [3.8, 4) is 0 Å². The first-order valence-corrected chi connectivity index (χ1v) is 6.41. The molecule has 2 heterocycles. The van der Waals surface area contributed by atoms with Gasteiger partial charge in [-0.3, -0.25) is 0 Å². The molecule has 5 heteroatoms. The van der Waals surface area contributed by atoms with Crippen LogP contribution in [0.5, 0.6) is 0 Å². The third kappa shape index (κ3) is 2.46. The summed E-state index contributed by atoms with van der Waals surface area (Å²) in [5.41, 5.74) is 1.53. The van der Waals surface area contributed by atoms with Gasteiger partial charge in [0.15, 0.2) is 0 Å². The highest BCUT2D eigenvalue weighted by molar-refractivity contribution is 5.77. The van der Waals surface area contributed by atoms with Gasteiger partial charge in [-0.15, -0.1) is 0 Å². The van der Waals surface area contributed by atoms with Crippen molar-refractivity contribution in [2.45, 2.75) is 12.8 Å². The van der Waals surface area contributed by atoms with Gasteiger partial charge in [-0.1, -0.05) is 0 Å². The van der Waals surface area contributed by atoms with Gasteiger partial charge in [-0.05, 0) is 50.0 Å². The molecule has 1 aliphatic heterocycles. The van der Waals surface area contributed by atoms with Crippen LogP contribution in [0.2, 0.25) is 0 Å². The summed E-state index contributed by atoms with van der Waals surface area (Å²) in [6.07, 6.45) is 2.48. The first-order valence-electron chi connectivity index (χ1n) is 6.41. The van der Waals surface area contributed by atoms with Crippen LogP contribution in [0.3, 0.4) is 0 Å².